The fourth-order valence-corrected chi connectivity index (χ4v) is 6.75. The van der Waals surface area contributed by atoms with Crippen molar-refractivity contribution in [3.8, 4) is 17.3 Å². The summed E-state index contributed by atoms with van der Waals surface area (Å²) in [6.45, 7) is 5.67. The van der Waals surface area contributed by atoms with Gasteiger partial charge < -0.3 is 29.3 Å². The van der Waals surface area contributed by atoms with Gasteiger partial charge in [0.15, 0.2) is 4.91 Å². The summed E-state index contributed by atoms with van der Waals surface area (Å²) in [5.74, 6) is 0. The van der Waals surface area contributed by atoms with Crippen LogP contribution < -0.4 is 9.62 Å². The molecular formula is C30H37N5O5S. The molecule has 3 heterocycles. The number of fused-ring (bicyclic) bond motifs is 1. The number of rotatable bonds is 7. The van der Waals surface area contributed by atoms with E-state index >= 15 is 0 Å². The van der Waals surface area contributed by atoms with E-state index in [0.29, 0.717) is 11.3 Å². The molecule has 2 aromatic carbocycles. The van der Waals surface area contributed by atoms with Crippen molar-refractivity contribution in [3.63, 3.8) is 0 Å². The van der Waals surface area contributed by atoms with Crippen LogP contribution >= 0.6 is 0 Å². The Labute approximate surface area is 241 Å². The second-order valence-electron chi connectivity index (χ2n) is 10.9. The highest BCUT2D eigenvalue weighted by Crippen LogP contribution is 2.31. The van der Waals surface area contributed by atoms with Gasteiger partial charge in [0.2, 0.25) is 0 Å². The van der Waals surface area contributed by atoms with Gasteiger partial charge in [-0.25, -0.2) is 13.1 Å². The van der Waals surface area contributed by atoms with Crippen LogP contribution in [0.25, 0.3) is 27.6 Å². The molecule has 0 unspecified atom stereocenters. The maximum Gasteiger partial charge on any atom is 0.251 e. The Kier molecular flexibility index (Phi) is 8.52. The molecule has 10 nitrogen and oxygen atoms in total. The highest BCUT2D eigenvalue weighted by atomic mass is 32.2. The number of nitrogens with one attached hydrogen (secondary N) is 1. The van der Waals surface area contributed by atoms with Gasteiger partial charge in [-0.15, -0.1) is 0 Å². The third kappa shape index (κ3) is 6.04. The number of aliphatic hydroxyl groups is 2. The number of hydrogen-bond donors (Lipinski definition) is 3. The highest BCUT2D eigenvalue weighted by molar-refractivity contribution is 7.93. The molecule has 0 aliphatic carbocycles. The van der Waals surface area contributed by atoms with Crippen molar-refractivity contribution in [2.24, 2.45) is 7.05 Å². The number of anilines is 1. The Morgan fingerprint density at radius 2 is 1.76 bits per heavy atom. The number of benzene rings is 2. The van der Waals surface area contributed by atoms with Crippen molar-refractivity contribution in [1.82, 2.24) is 14.2 Å². The Morgan fingerprint density at radius 1 is 1.05 bits per heavy atom. The minimum absolute atomic E-state index is 0.211. The van der Waals surface area contributed by atoms with E-state index < -0.39 is 33.2 Å². The lowest BCUT2D eigenvalue weighted by molar-refractivity contribution is -0.131. The first kappa shape index (κ1) is 29.3. The van der Waals surface area contributed by atoms with Crippen LogP contribution in [0, 0.1) is 11.3 Å². The molecule has 3 N–H and O–H groups in total. The van der Waals surface area contributed by atoms with Crippen molar-refractivity contribution in [3.05, 3.63) is 59.1 Å². The zero-order chi connectivity index (χ0) is 29.3. The molecule has 3 aromatic rings. The van der Waals surface area contributed by atoms with Crippen molar-refractivity contribution in [1.29, 1.82) is 5.26 Å². The predicted octanol–water partition coefficient (Wildman–Crippen LogP) is 2.28. The number of nitrogens with zero attached hydrogens (tertiary/aromatic N) is 4. The van der Waals surface area contributed by atoms with E-state index in [2.05, 4.69) is 58.0 Å². The largest absolute Gasteiger partial charge is 0.390 e. The maximum atomic E-state index is 13.1. The van der Waals surface area contributed by atoms with Crippen molar-refractivity contribution in [2.75, 3.05) is 51.3 Å². The van der Waals surface area contributed by atoms with Gasteiger partial charge in [0.05, 0.1) is 12.2 Å². The average Bonchev–Trinajstić information content (AvgIpc) is 3.35. The molecule has 2 saturated heterocycles. The van der Waals surface area contributed by atoms with Crippen LogP contribution in [0.4, 0.5) is 5.69 Å². The molecule has 0 spiro atoms. The minimum Gasteiger partial charge on any atom is -0.390 e. The number of sulfonamides is 1. The number of aliphatic hydroxyl groups excluding tert-OH is 2. The number of aromatic nitrogens is 1. The Morgan fingerprint density at radius 3 is 2.49 bits per heavy atom. The van der Waals surface area contributed by atoms with Crippen LogP contribution in [-0.2, 0) is 21.8 Å². The molecule has 0 bridgehead atoms. The monoisotopic (exact) mass is 579 g/mol. The van der Waals surface area contributed by atoms with E-state index in [9.17, 15) is 23.9 Å². The first-order valence-corrected chi connectivity index (χ1v) is 15.3. The van der Waals surface area contributed by atoms with Gasteiger partial charge in [0.25, 0.3) is 10.0 Å². The lowest BCUT2D eigenvalue weighted by Crippen LogP contribution is -2.50. The van der Waals surface area contributed by atoms with Crippen molar-refractivity contribution >= 4 is 32.1 Å². The number of ether oxygens (including phenoxy) is 1. The van der Waals surface area contributed by atoms with Gasteiger partial charge in [0.1, 0.15) is 12.2 Å². The molecule has 11 heteroatoms. The number of nitriles is 1. The molecule has 0 amide bonds. The predicted molar refractivity (Wildman–Crippen MR) is 160 cm³/mol. The van der Waals surface area contributed by atoms with Crippen LogP contribution in [0.1, 0.15) is 19.0 Å². The second-order valence-corrected chi connectivity index (χ2v) is 12.6. The number of allylic oxidation sites excluding steroid dienone is 2. The first-order chi connectivity index (χ1) is 19.6. The minimum atomic E-state index is -4.20. The fourth-order valence-electron chi connectivity index (χ4n) is 5.59. The zero-order valence-electron chi connectivity index (χ0n) is 23.6. The van der Waals surface area contributed by atoms with Gasteiger partial charge in [0, 0.05) is 69.0 Å². The second kappa shape index (κ2) is 11.9. The van der Waals surface area contributed by atoms with Gasteiger partial charge in [-0.3, -0.25) is 0 Å². The molecule has 2 fully saturated rings. The third-order valence-corrected chi connectivity index (χ3v) is 9.68. The average molecular weight is 580 g/mol. The van der Waals surface area contributed by atoms with Gasteiger partial charge in [-0.05, 0) is 67.1 Å². The summed E-state index contributed by atoms with van der Waals surface area (Å²) in [6.07, 6.45) is -2.82. The van der Waals surface area contributed by atoms with Crippen LogP contribution in [0.15, 0.2) is 53.4 Å². The van der Waals surface area contributed by atoms with Gasteiger partial charge in [-0.2, -0.15) is 5.26 Å². The molecule has 2 aliphatic rings. The smallest absolute Gasteiger partial charge is 0.251 e. The summed E-state index contributed by atoms with van der Waals surface area (Å²) in [4.78, 5) is 4.34. The van der Waals surface area contributed by atoms with E-state index in [0.717, 1.165) is 48.2 Å². The van der Waals surface area contributed by atoms with Crippen LogP contribution in [0.2, 0.25) is 0 Å². The molecule has 0 radical (unpaired) electrons. The number of piperazine rings is 1. The normalized spacial score (nSPS) is 22.9. The van der Waals surface area contributed by atoms with E-state index in [1.54, 1.807) is 6.92 Å². The molecule has 5 rings (SSSR count). The Balaban J connectivity index is 1.37. The maximum absolute atomic E-state index is 13.1. The molecule has 218 valence electrons. The Bertz CT molecular complexity index is 1600. The quantitative estimate of drug-likeness (QED) is 0.364. The standard InChI is InChI=1S/C30H37N5O5S/c1-20(29(18-31)41(38,39)32-19-28-30(37)27(36)10-15-40-28)25-8-9-26(34(25)3)23-5-4-22-17-24(7-6-21(22)16-23)35-13-11-33(2)12-14-35/h4-9,16-17,27-28,30,32,36-37H,10-15,19H2,1-3H3/b29-20+/t27-,28-,30+/m1/s1. The SMILES string of the molecule is C/C(=C(/C#N)S(=O)(=O)NC[C@H]1OCC[C@@H](O)[C@@H]1O)c1ccc(-c2ccc3cc(N4CCN(C)CC4)ccc3c2)n1C. The van der Waals surface area contributed by atoms with E-state index in [4.69, 9.17) is 4.74 Å². The summed E-state index contributed by atoms with van der Waals surface area (Å²) >= 11 is 0. The van der Waals surface area contributed by atoms with Gasteiger partial charge in [-0.1, -0.05) is 18.2 Å². The number of hydrogen-bond acceptors (Lipinski definition) is 8. The highest BCUT2D eigenvalue weighted by Gasteiger charge is 2.33. The van der Waals surface area contributed by atoms with E-state index in [1.807, 2.05) is 29.8 Å². The summed E-state index contributed by atoms with van der Waals surface area (Å²) < 4.78 is 35.9. The summed E-state index contributed by atoms with van der Waals surface area (Å²) in [5, 5.41) is 32.1. The summed E-state index contributed by atoms with van der Waals surface area (Å²) in [7, 11) is -0.209. The van der Waals surface area contributed by atoms with Crippen molar-refractivity contribution in [2.45, 2.75) is 31.7 Å². The molecule has 0 saturated carbocycles. The first-order valence-electron chi connectivity index (χ1n) is 13.8. The number of likely N-dealkylation sites (N-methyl/N-ethyl adjacent to an activating group) is 1. The van der Waals surface area contributed by atoms with Crippen molar-refractivity contribution < 1.29 is 23.4 Å². The fraction of sp³-hybridized carbons (Fsp3) is 0.433. The Hall–Kier alpha value is -3.24. The van der Waals surface area contributed by atoms with Gasteiger partial charge >= 0.3 is 0 Å². The third-order valence-electron chi connectivity index (χ3n) is 8.20. The van der Waals surface area contributed by atoms with Crippen LogP contribution in [0.5, 0.6) is 0 Å². The topological polar surface area (TPSA) is 131 Å². The lowest BCUT2D eigenvalue weighted by atomic mass is 10.0. The van der Waals surface area contributed by atoms with Crippen LogP contribution in [0.3, 0.4) is 0 Å². The molecule has 1 aromatic heterocycles. The lowest BCUT2D eigenvalue weighted by Gasteiger charge is -2.34. The van der Waals surface area contributed by atoms with E-state index in [-0.39, 0.29) is 19.6 Å². The summed E-state index contributed by atoms with van der Waals surface area (Å²) in [5.41, 5.74) is 3.99. The zero-order valence-corrected chi connectivity index (χ0v) is 24.4. The molecule has 2 aliphatic heterocycles. The molecule has 41 heavy (non-hydrogen) atoms. The van der Waals surface area contributed by atoms with Crippen LogP contribution in [-0.4, -0.2) is 92.8 Å². The molecular weight excluding hydrogens is 542 g/mol. The molecule has 3 atom stereocenters. The van der Waals surface area contributed by atoms with E-state index in [1.165, 1.54) is 5.69 Å². The summed E-state index contributed by atoms with van der Waals surface area (Å²) in [6, 6.07) is 18.4.